The Balaban J connectivity index is 1.35. The van der Waals surface area contributed by atoms with E-state index in [2.05, 4.69) is 0 Å². The molecule has 0 spiro atoms. The summed E-state index contributed by atoms with van der Waals surface area (Å²) in [6.07, 6.45) is 0.721. The van der Waals surface area contributed by atoms with Gasteiger partial charge in [0.05, 0.1) is 13.0 Å². The highest BCUT2D eigenvalue weighted by atomic mass is 19.1. The van der Waals surface area contributed by atoms with Gasteiger partial charge >= 0.3 is 5.97 Å². The van der Waals surface area contributed by atoms with Crippen LogP contribution in [0.5, 0.6) is 23.0 Å². The molecule has 5 rings (SSSR count). The van der Waals surface area contributed by atoms with Gasteiger partial charge in [-0.25, -0.2) is 4.39 Å². The number of hydrogen-bond acceptors (Lipinski definition) is 5. The molecule has 6 nitrogen and oxygen atoms in total. The van der Waals surface area contributed by atoms with E-state index in [0.717, 1.165) is 11.1 Å². The molecule has 0 unspecified atom stereocenters. The molecule has 34 heavy (non-hydrogen) atoms. The molecule has 0 bridgehead atoms. The average Bonchev–Trinajstić information content (AvgIpc) is 3.41. The van der Waals surface area contributed by atoms with E-state index in [9.17, 15) is 14.0 Å². The van der Waals surface area contributed by atoms with Crippen molar-refractivity contribution in [1.82, 2.24) is 0 Å². The molecule has 0 saturated heterocycles. The van der Waals surface area contributed by atoms with Gasteiger partial charge in [-0.3, -0.25) is 9.59 Å². The minimum absolute atomic E-state index is 0.00860. The first-order valence-electron chi connectivity index (χ1n) is 11.1. The summed E-state index contributed by atoms with van der Waals surface area (Å²) in [6, 6.07) is 15.2. The molecule has 1 N–H and O–H groups in total. The Hall–Kier alpha value is -3.87. The number of carbonyl (C=O) groups is 2. The predicted molar refractivity (Wildman–Crippen MR) is 122 cm³/mol. The van der Waals surface area contributed by atoms with Gasteiger partial charge in [0.2, 0.25) is 0 Å². The smallest absolute Gasteiger partial charge is 0.304 e. The van der Waals surface area contributed by atoms with Crippen LogP contribution in [0.4, 0.5) is 4.39 Å². The number of ether oxygens (including phenoxy) is 3. The second kappa shape index (κ2) is 8.82. The van der Waals surface area contributed by atoms with Crippen molar-refractivity contribution >= 4 is 11.8 Å². The highest BCUT2D eigenvalue weighted by Gasteiger charge is 2.32. The Morgan fingerprint density at radius 1 is 1.09 bits per heavy atom. The van der Waals surface area contributed by atoms with Crippen molar-refractivity contribution in [2.45, 2.75) is 38.2 Å². The third-order valence-electron chi connectivity index (χ3n) is 6.29. The fraction of sp³-hybridized carbons (Fsp3) is 0.259. The van der Waals surface area contributed by atoms with Gasteiger partial charge < -0.3 is 19.3 Å². The van der Waals surface area contributed by atoms with Crippen LogP contribution in [0.1, 0.15) is 58.8 Å². The number of benzene rings is 3. The molecule has 3 aromatic carbocycles. The van der Waals surface area contributed by atoms with Crippen LogP contribution in [-0.4, -0.2) is 23.5 Å². The highest BCUT2D eigenvalue weighted by molar-refractivity contribution is 5.94. The Morgan fingerprint density at radius 3 is 2.59 bits per heavy atom. The number of aliphatic carboxylic acids is 1. The molecule has 174 valence electrons. The fourth-order valence-electron chi connectivity index (χ4n) is 4.61. The maximum Gasteiger partial charge on any atom is 0.304 e. The van der Waals surface area contributed by atoms with E-state index < -0.39 is 12.1 Å². The lowest BCUT2D eigenvalue weighted by Gasteiger charge is -2.17. The van der Waals surface area contributed by atoms with Crippen molar-refractivity contribution in [3.8, 4) is 23.0 Å². The fourth-order valence-corrected chi connectivity index (χ4v) is 4.61. The van der Waals surface area contributed by atoms with E-state index in [1.165, 1.54) is 13.0 Å². The number of hydrogen-bond donors (Lipinski definition) is 1. The Morgan fingerprint density at radius 2 is 1.85 bits per heavy atom. The van der Waals surface area contributed by atoms with Gasteiger partial charge in [-0.2, -0.15) is 0 Å². The van der Waals surface area contributed by atoms with E-state index in [4.69, 9.17) is 19.3 Å². The number of carboxylic acids is 1. The van der Waals surface area contributed by atoms with Crippen LogP contribution in [0.25, 0.3) is 0 Å². The van der Waals surface area contributed by atoms with Crippen molar-refractivity contribution in [1.29, 1.82) is 0 Å². The van der Waals surface area contributed by atoms with E-state index in [1.807, 2.05) is 6.07 Å². The second-order valence-electron chi connectivity index (χ2n) is 8.57. The third-order valence-corrected chi connectivity index (χ3v) is 6.29. The van der Waals surface area contributed by atoms with Gasteiger partial charge in [0.1, 0.15) is 34.9 Å². The van der Waals surface area contributed by atoms with Gasteiger partial charge in [-0.05, 0) is 62.2 Å². The van der Waals surface area contributed by atoms with Gasteiger partial charge in [0.15, 0.2) is 5.78 Å². The predicted octanol–water partition coefficient (Wildman–Crippen LogP) is 5.84. The van der Waals surface area contributed by atoms with Crippen molar-refractivity contribution < 1.29 is 33.3 Å². The third kappa shape index (κ3) is 4.21. The average molecular weight is 462 g/mol. The Kier molecular flexibility index (Phi) is 5.69. The van der Waals surface area contributed by atoms with E-state index in [1.54, 1.807) is 42.5 Å². The quantitative estimate of drug-likeness (QED) is 0.445. The summed E-state index contributed by atoms with van der Waals surface area (Å²) < 4.78 is 32.7. The molecule has 2 atom stereocenters. The number of carbonyl (C=O) groups excluding carboxylic acids is 1. The van der Waals surface area contributed by atoms with Crippen LogP contribution in [0.2, 0.25) is 0 Å². The minimum atomic E-state index is -0.868. The molecule has 2 aliphatic rings. The van der Waals surface area contributed by atoms with Crippen molar-refractivity contribution in [2.75, 3.05) is 6.61 Å². The molecule has 0 saturated carbocycles. The zero-order chi connectivity index (χ0) is 23.8. The summed E-state index contributed by atoms with van der Waals surface area (Å²) in [4.78, 5) is 22.5. The van der Waals surface area contributed by atoms with Crippen molar-refractivity contribution in [3.63, 3.8) is 0 Å². The second-order valence-corrected chi connectivity index (χ2v) is 8.57. The first-order chi connectivity index (χ1) is 16.4. The van der Waals surface area contributed by atoms with Gasteiger partial charge in [0, 0.05) is 34.2 Å². The number of Topliss-reactive ketones (excluding diaryl/α,β-unsaturated/α-hetero) is 1. The molecule has 3 aromatic rings. The maximum absolute atomic E-state index is 14.8. The van der Waals surface area contributed by atoms with Crippen LogP contribution in [-0.2, 0) is 11.2 Å². The van der Waals surface area contributed by atoms with Gasteiger partial charge in [-0.15, -0.1) is 0 Å². The molecule has 1 heterocycles. The molecule has 1 aliphatic heterocycles. The molecule has 0 aromatic heterocycles. The lowest BCUT2D eigenvalue weighted by Crippen LogP contribution is -2.07. The van der Waals surface area contributed by atoms with Crippen molar-refractivity contribution in [2.24, 2.45) is 0 Å². The number of halogens is 1. The number of carboxylic acid groups (broad SMARTS) is 1. The summed E-state index contributed by atoms with van der Waals surface area (Å²) >= 11 is 0. The van der Waals surface area contributed by atoms with E-state index in [-0.39, 0.29) is 23.9 Å². The molecule has 0 fully saturated rings. The standard InChI is InChI=1S/C27H23FO6/c1-15(29)16-2-4-18(5-3-16)33-23-11-9-22(28)27-21(23)8-10-24(27)34-19-6-7-20-17(12-26(30)31)14-32-25(20)13-19/h2-7,9,11,13,17,24H,8,10,12,14H2,1H3,(H,30,31)/t17-,24-/m1/s1. The Labute approximate surface area is 195 Å². The normalized spacial score (nSPS) is 18.1. The zero-order valence-electron chi connectivity index (χ0n) is 18.5. The van der Waals surface area contributed by atoms with Crippen molar-refractivity contribution in [3.05, 3.63) is 82.7 Å². The van der Waals surface area contributed by atoms with Crippen LogP contribution in [0.3, 0.4) is 0 Å². The van der Waals surface area contributed by atoms with Crippen LogP contribution in [0.15, 0.2) is 54.6 Å². The molecular formula is C27H23FO6. The van der Waals surface area contributed by atoms with Gasteiger partial charge in [0.25, 0.3) is 0 Å². The lowest BCUT2D eigenvalue weighted by atomic mass is 9.98. The molecule has 1 aliphatic carbocycles. The maximum atomic E-state index is 14.8. The Bertz CT molecular complexity index is 1270. The summed E-state index contributed by atoms with van der Waals surface area (Å²) in [5, 5.41) is 9.07. The lowest BCUT2D eigenvalue weighted by molar-refractivity contribution is -0.137. The van der Waals surface area contributed by atoms with E-state index >= 15 is 0 Å². The zero-order valence-corrected chi connectivity index (χ0v) is 18.5. The number of ketones is 1. The summed E-state index contributed by atoms with van der Waals surface area (Å²) in [6.45, 7) is 1.82. The van der Waals surface area contributed by atoms with Crippen LogP contribution in [0, 0.1) is 5.82 Å². The number of rotatable bonds is 7. The highest BCUT2D eigenvalue weighted by Crippen LogP contribution is 2.44. The molecule has 0 amide bonds. The summed E-state index contributed by atoms with van der Waals surface area (Å²) in [5.74, 6) is 0.843. The van der Waals surface area contributed by atoms with Gasteiger partial charge in [-0.1, -0.05) is 6.07 Å². The van der Waals surface area contributed by atoms with Crippen LogP contribution >= 0.6 is 0 Å². The molecule has 0 radical (unpaired) electrons. The SMILES string of the molecule is CC(=O)c1ccc(Oc2ccc(F)c3c2CC[C@H]3Oc2ccc3c(c2)OC[C@H]3CC(=O)O)cc1. The van der Waals surface area contributed by atoms with E-state index in [0.29, 0.717) is 53.6 Å². The largest absolute Gasteiger partial charge is 0.492 e. The minimum Gasteiger partial charge on any atom is -0.492 e. The summed E-state index contributed by atoms with van der Waals surface area (Å²) in [5.41, 5.74) is 2.68. The first kappa shape index (κ1) is 21.9. The monoisotopic (exact) mass is 462 g/mol. The first-order valence-corrected chi connectivity index (χ1v) is 11.1. The molecular weight excluding hydrogens is 439 g/mol. The number of fused-ring (bicyclic) bond motifs is 2. The topological polar surface area (TPSA) is 82.1 Å². The molecule has 7 heteroatoms. The summed E-state index contributed by atoms with van der Waals surface area (Å²) in [7, 11) is 0. The van der Waals surface area contributed by atoms with Crippen LogP contribution < -0.4 is 14.2 Å².